The normalized spacial score (nSPS) is 25.3. The van der Waals surface area contributed by atoms with Crippen LogP contribution in [0.3, 0.4) is 0 Å². The zero-order valence-corrected chi connectivity index (χ0v) is 26.2. The lowest BCUT2D eigenvalue weighted by Crippen LogP contribution is -2.41. The fourth-order valence-corrected chi connectivity index (χ4v) is 8.50. The van der Waals surface area contributed by atoms with Gasteiger partial charge in [-0.15, -0.1) is 0 Å². The zero-order valence-electron chi connectivity index (χ0n) is 22.7. The maximum Gasteiger partial charge on any atom is 0.490 e. The number of anilines is 1. The number of ether oxygens (including phenoxy) is 2. The van der Waals surface area contributed by atoms with E-state index in [0.717, 1.165) is 12.3 Å². The molecule has 0 spiro atoms. The maximum atomic E-state index is 12.5. The van der Waals surface area contributed by atoms with Crippen LogP contribution in [0.5, 0.6) is 0 Å². The molecule has 2 heterocycles. The highest BCUT2D eigenvalue weighted by molar-refractivity contribution is 7.69. The van der Waals surface area contributed by atoms with Crippen LogP contribution in [0.1, 0.15) is 19.6 Å². The minimum atomic E-state index is -6.08. The van der Waals surface area contributed by atoms with E-state index in [1.807, 2.05) is 4.98 Å². The van der Waals surface area contributed by atoms with E-state index in [1.54, 1.807) is 18.2 Å². The summed E-state index contributed by atoms with van der Waals surface area (Å²) in [4.78, 5) is 76.8. The topological polar surface area (TPSA) is 318 Å². The van der Waals surface area contributed by atoms with E-state index in [1.165, 1.54) is 19.1 Å². The number of carbonyl (C=O) groups excluding carboxylic acids is 1. The summed E-state index contributed by atoms with van der Waals surface area (Å²) in [5.74, 6) is 0. The summed E-state index contributed by atoms with van der Waals surface area (Å²) >= 11 is 0. The summed E-state index contributed by atoms with van der Waals surface area (Å²) in [6, 6.07) is 8.72. The van der Waals surface area contributed by atoms with Gasteiger partial charge in [0.25, 0.3) is 5.56 Å². The van der Waals surface area contributed by atoms with Gasteiger partial charge in [0.05, 0.1) is 13.2 Å². The highest BCUT2D eigenvalue weighted by Crippen LogP contribution is 2.71. The Bertz CT molecular complexity index is 1650. The van der Waals surface area contributed by atoms with E-state index in [2.05, 4.69) is 27.3 Å². The number of aliphatic hydroxyl groups is 1. The highest BCUT2D eigenvalue weighted by atomic mass is 31.3. The number of nitrogens with zero attached hydrogens (tertiary/aromatic N) is 1. The summed E-state index contributed by atoms with van der Waals surface area (Å²) < 4.78 is 79.5. The van der Waals surface area contributed by atoms with Gasteiger partial charge in [0.1, 0.15) is 12.2 Å². The van der Waals surface area contributed by atoms with Crippen molar-refractivity contribution in [2.75, 3.05) is 18.5 Å². The molecule has 26 heteroatoms. The molecule has 45 heavy (non-hydrogen) atoms. The Hall–Kier alpha value is -2.35. The molecule has 0 bridgehead atoms. The van der Waals surface area contributed by atoms with E-state index in [-0.39, 0.29) is 12.1 Å². The van der Waals surface area contributed by atoms with Gasteiger partial charge in [0, 0.05) is 18.0 Å². The highest BCUT2D eigenvalue weighted by Gasteiger charge is 2.50. The van der Waals surface area contributed by atoms with Gasteiger partial charge >= 0.3 is 43.1 Å². The third-order valence-corrected chi connectivity index (χ3v) is 11.1. The fourth-order valence-electron chi connectivity index (χ4n) is 3.47. The zero-order chi connectivity index (χ0) is 33.6. The number of carbonyl (C=O) groups is 1. The van der Waals surface area contributed by atoms with E-state index in [0.29, 0.717) is 4.57 Å². The quantitative estimate of drug-likeness (QED) is 0.127. The number of para-hydroxylation sites is 1. The van der Waals surface area contributed by atoms with E-state index in [9.17, 15) is 57.3 Å². The van der Waals surface area contributed by atoms with Crippen molar-refractivity contribution < 1.29 is 79.2 Å². The van der Waals surface area contributed by atoms with Crippen LogP contribution in [0, 0.1) is 0 Å². The summed E-state index contributed by atoms with van der Waals surface area (Å²) in [7, 11) is -23.1. The Morgan fingerprint density at radius 1 is 0.933 bits per heavy atom. The first-order chi connectivity index (χ1) is 20.8. The average molecular weight is 725 g/mol. The number of phosphoric ester groups is 2. The van der Waals surface area contributed by atoms with Gasteiger partial charge in [-0.3, -0.25) is 28.7 Å². The van der Waals surface area contributed by atoms with Crippen molar-refractivity contribution in [1.29, 1.82) is 0 Å². The number of H-pyrrole nitrogens is 1. The summed E-state index contributed by atoms with van der Waals surface area (Å²) in [5, 5.41) is 13.2. The molecule has 22 nitrogen and oxygen atoms in total. The Labute approximate surface area is 251 Å². The van der Waals surface area contributed by atoms with Gasteiger partial charge in [-0.1, -0.05) is 25.1 Å². The molecule has 3 rings (SSSR count). The number of aliphatic hydroxyl groups excluding tert-OH is 1. The van der Waals surface area contributed by atoms with Gasteiger partial charge < -0.3 is 34.2 Å². The van der Waals surface area contributed by atoms with Crippen LogP contribution in [0.15, 0.2) is 52.2 Å². The SMILES string of the molecule is CCCOP(=O)(O)OP(=O)(O)OP(=O)(O)OP(=O)(O)OC[C@H]1O[C@@H](n2ccc(=O)[nH]c2=O)C(OC(=O)Nc2ccccc2)[C@H]1O. The Kier molecular flexibility index (Phi) is 12.4. The molecule has 1 aromatic carbocycles. The first-order valence-electron chi connectivity index (χ1n) is 12.2. The molecule has 5 unspecified atom stereocenters. The lowest BCUT2D eigenvalue weighted by atomic mass is 10.1. The fraction of sp³-hybridized carbons (Fsp3) is 0.421. The lowest BCUT2D eigenvalue weighted by molar-refractivity contribution is -0.0551. The minimum Gasteiger partial charge on any atom is -0.438 e. The summed E-state index contributed by atoms with van der Waals surface area (Å²) in [6.45, 7) is -0.121. The van der Waals surface area contributed by atoms with Crippen LogP contribution < -0.4 is 16.6 Å². The van der Waals surface area contributed by atoms with Gasteiger partial charge in [-0.25, -0.2) is 27.8 Å². The number of aromatic nitrogens is 2. The van der Waals surface area contributed by atoms with E-state index in [4.69, 9.17) is 9.47 Å². The molecule has 7 N–H and O–H groups in total. The molecule has 8 atom stereocenters. The first-order valence-corrected chi connectivity index (χ1v) is 18.2. The molecule has 0 saturated carbocycles. The van der Waals surface area contributed by atoms with Crippen molar-refractivity contribution in [2.45, 2.75) is 37.9 Å². The van der Waals surface area contributed by atoms with Crippen LogP contribution in [0.25, 0.3) is 0 Å². The number of nitrogens with one attached hydrogen (secondary N) is 2. The number of rotatable bonds is 15. The Morgan fingerprint density at radius 2 is 1.51 bits per heavy atom. The number of aromatic amines is 1. The van der Waals surface area contributed by atoms with Crippen LogP contribution in [-0.4, -0.2) is 71.9 Å². The molecule has 1 aromatic heterocycles. The molecular weight excluding hydrogens is 698 g/mol. The molecule has 1 fully saturated rings. The predicted octanol–water partition coefficient (Wildman–Crippen LogP) is 1.31. The third kappa shape index (κ3) is 11.4. The summed E-state index contributed by atoms with van der Waals surface area (Å²) in [5.41, 5.74) is -1.61. The van der Waals surface area contributed by atoms with Crippen LogP contribution >= 0.6 is 31.3 Å². The summed E-state index contributed by atoms with van der Waals surface area (Å²) in [6.07, 6.45) is -7.13. The molecule has 1 amide bonds. The molecule has 0 radical (unpaired) electrons. The predicted molar refractivity (Wildman–Crippen MR) is 146 cm³/mol. The molecule has 1 aliphatic rings. The van der Waals surface area contributed by atoms with Crippen LogP contribution in [0.2, 0.25) is 0 Å². The number of hydrogen-bond donors (Lipinski definition) is 7. The van der Waals surface area contributed by atoms with Crippen molar-refractivity contribution in [3.8, 4) is 0 Å². The number of amides is 1. The van der Waals surface area contributed by atoms with Gasteiger partial charge in [-0.05, 0) is 18.6 Å². The van der Waals surface area contributed by atoms with E-state index < -0.39 is 86.4 Å². The van der Waals surface area contributed by atoms with Crippen LogP contribution in [0.4, 0.5) is 10.5 Å². The molecule has 252 valence electrons. The number of phosphoric acid groups is 4. The smallest absolute Gasteiger partial charge is 0.438 e. The second-order valence-corrected chi connectivity index (χ2v) is 14.9. The third-order valence-electron chi connectivity index (χ3n) is 5.18. The standard InChI is InChI=1S/C19H27N3O19P4/c1-2-10-35-42(27,28)39-44(31,32)41-45(33,34)40-43(29,30)36-11-13-15(24)16(38-19(26)20-12-6-4-3-5-7-12)17(37-13)22-9-8-14(23)21-18(22)25/h3-9,13,15-17,24H,2,10-11H2,1H3,(H,20,26)(H,27,28)(H,29,30)(H,31,32)(H,33,34)(H,21,23,25)/t13-,15+,16?,17-/m1/s1. The molecule has 0 aliphatic carbocycles. The average Bonchev–Trinajstić information content (AvgIpc) is 3.19. The molecule has 2 aromatic rings. The van der Waals surface area contributed by atoms with Gasteiger partial charge in [0.2, 0.25) is 0 Å². The van der Waals surface area contributed by atoms with Crippen molar-refractivity contribution in [3.63, 3.8) is 0 Å². The minimum absolute atomic E-state index is 0.159. The van der Waals surface area contributed by atoms with Crippen molar-refractivity contribution in [2.24, 2.45) is 0 Å². The lowest BCUT2D eigenvalue weighted by Gasteiger charge is -2.22. The molecular formula is C19H27N3O19P4. The van der Waals surface area contributed by atoms with Crippen molar-refractivity contribution in [3.05, 3.63) is 63.4 Å². The van der Waals surface area contributed by atoms with E-state index >= 15 is 0 Å². The van der Waals surface area contributed by atoms with Gasteiger partial charge in [0.15, 0.2) is 12.3 Å². The van der Waals surface area contributed by atoms with Crippen molar-refractivity contribution >= 4 is 43.1 Å². The molecule has 1 saturated heterocycles. The molecule has 1 aliphatic heterocycles. The van der Waals surface area contributed by atoms with Gasteiger partial charge in [-0.2, -0.15) is 12.9 Å². The monoisotopic (exact) mass is 725 g/mol. The van der Waals surface area contributed by atoms with Crippen LogP contribution in [-0.2, 0) is 49.7 Å². The second kappa shape index (κ2) is 15.0. The second-order valence-electron chi connectivity index (χ2n) is 8.68. The first kappa shape index (κ1) is 37.1. The van der Waals surface area contributed by atoms with Crippen molar-refractivity contribution in [1.82, 2.24) is 9.55 Å². The Morgan fingerprint density at radius 3 is 2.09 bits per heavy atom. The largest absolute Gasteiger partial charge is 0.490 e. The maximum absolute atomic E-state index is 12.5. The number of benzene rings is 1. The number of hydrogen-bond acceptors (Lipinski definition) is 15. The Balaban J connectivity index is 1.71.